The van der Waals surface area contributed by atoms with Gasteiger partial charge in [-0.2, -0.15) is 0 Å². The van der Waals surface area contributed by atoms with Gasteiger partial charge in [-0.25, -0.2) is 0 Å². The molecule has 108 valence electrons. The minimum absolute atomic E-state index is 0.219. The third-order valence-electron chi connectivity index (χ3n) is 4.33. The van der Waals surface area contributed by atoms with Gasteiger partial charge in [0.1, 0.15) is 5.75 Å². The van der Waals surface area contributed by atoms with E-state index in [0.29, 0.717) is 12.6 Å². The molecular formula is C16H22N2O2. The number of hydrogen-bond donors (Lipinski definition) is 0. The highest BCUT2D eigenvalue weighted by Crippen LogP contribution is 2.26. The molecule has 0 amide bonds. The number of Topliss-reactive ketones (excluding diaryl/α,β-unsaturated/α-hetero) is 1. The highest BCUT2D eigenvalue weighted by molar-refractivity contribution is 5.98. The lowest BCUT2D eigenvalue weighted by Gasteiger charge is -2.37. The molecular weight excluding hydrogens is 252 g/mol. The predicted octanol–water partition coefficient (Wildman–Crippen LogP) is 1.44. The molecule has 0 spiro atoms. The smallest absolute Gasteiger partial charge is 0.176 e. The summed E-state index contributed by atoms with van der Waals surface area (Å²) in [6, 6.07) is 6.28. The van der Waals surface area contributed by atoms with Crippen molar-refractivity contribution in [3.05, 3.63) is 29.3 Å². The summed E-state index contributed by atoms with van der Waals surface area (Å²) < 4.78 is 5.48. The fraction of sp³-hybridized carbons (Fsp3) is 0.562. The van der Waals surface area contributed by atoms with Gasteiger partial charge in [0.25, 0.3) is 0 Å². The molecule has 4 nitrogen and oxygen atoms in total. The molecule has 1 saturated heterocycles. The highest BCUT2D eigenvalue weighted by atomic mass is 16.5. The normalized spacial score (nSPS) is 23.4. The lowest BCUT2D eigenvalue weighted by Crippen LogP contribution is -2.51. The maximum atomic E-state index is 12.4. The fourth-order valence-electron chi connectivity index (χ4n) is 3.05. The van der Waals surface area contributed by atoms with E-state index in [0.717, 1.165) is 44.0 Å². The third kappa shape index (κ3) is 2.72. The molecule has 0 aromatic heterocycles. The number of ketones is 1. The molecule has 1 atom stereocenters. The Balaban J connectivity index is 1.67. The van der Waals surface area contributed by atoms with Crippen molar-refractivity contribution in [2.45, 2.75) is 19.4 Å². The lowest BCUT2D eigenvalue weighted by atomic mass is 10.0. The van der Waals surface area contributed by atoms with E-state index in [1.165, 1.54) is 5.56 Å². The molecule has 1 unspecified atom stereocenters. The summed E-state index contributed by atoms with van der Waals surface area (Å²) in [5, 5.41) is 0. The Bertz CT molecular complexity index is 515. The molecule has 1 aromatic carbocycles. The van der Waals surface area contributed by atoms with E-state index in [9.17, 15) is 4.79 Å². The molecule has 4 heteroatoms. The van der Waals surface area contributed by atoms with Crippen LogP contribution in [0.4, 0.5) is 0 Å². The van der Waals surface area contributed by atoms with Gasteiger partial charge >= 0.3 is 0 Å². The first-order valence-electron chi connectivity index (χ1n) is 7.35. The van der Waals surface area contributed by atoms with E-state index >= 15 is 0 Å². The van der Waals surface area contributed by atoms with Gasteiger partial charge in [-0.15, -0.1) is 0 Å². The average Bonchev–Trinajstić information content (AvgIpc) is 2.89. The molecule has 0 aliphatic carbocycles. The molecule has 1 aromatic rings. The summed E-state index contributed by atoms with van der Waals surface area (Å²) in [7, 11) is 2.14. The first kappa shape index (κ1) is 13.6. The average molecular weight is 274 g/mol. The van der Waals surface area contributed by atoms with Gasteiger partial charge in [-0.3, -0.25) is 9.69 Å². The number of nitrogens with zero attached hydrogens (tertiary/aromatic N) is 2. The van der Waals surface area contributed by atoms with Crippen molar-refractivity contribution in [1.29, 1.82) is 0 Å². The van der Waals surface area contributed by atoms with Crippen LogP contribution in [-0.4, -0.2) is 61.5 Å². The third-order valence-corrected chi connectivity index (χ3v) is 4.33. The molecule has 2 aliphatic rings. The minimum atomic E-state index is 0.219. The van der Waals surface area contributed by atoms with Crippen LogP contribution in [0.5, 0.6) is 5.75 Å². The lowest BCUT2D eigenvalue weighted by molar-refractivity contribution is 0.0747. The van der Waals surface area contributed by atoms with Crippen molar-refractivity contribution in [3.8, 4) is 5.75 Å². The fourth-order valence-corrected chi connectivity index (χ4v) is 3.05. The zero-order chi connectivity index (χ0) is 14.1. The monoisotopic (exact) mass is 274 g/mol. The summed E-state index contributed by atoms with van der Waals surface area (Å²) in [5.41, 5.74) is 1.99. The van der Waals surface area contributed by atoms with E-state index in [-0.39, 0.29) is 5.78 Å². The van der Waals surface area contributed by atoms with E-state index in [4.69, 9.17) is 4.74 Å². The highest BCUT2D eigenvalue weighted by Gasteiger charge is 2.24. The second-order valence-electron chi connectivity index (χ2n) is 5.93. The zero-order valence-electron chi connectivity index (χ0n) is 12.3. The number of piperazine rings is 1. The first-order chi connectivity index (χ1) is 9.63. The Morgan fingerprint density at radius 1 is 1.40 bits per heavy atom. The Labute approximate surface area is 120 Å². The number of carbonyl (C=O) groups is 1. The standard InChI is InChI=1S/C16H22N2O2/c1-12-10-17(2)6-7-18(12)11-15(19)13-3-4-16-14(9-13)5-8-20-16/h3-4,9,12H,5-8,10-11H2,1-2H3. The minimum Gasteiger partial charge on any atom is -0.493 e. The van der Waals surface area contributed by atoms with Gasteiger partial charge in [0.05, 0.1) is 13.2 Å². The molecule has 0 saturated carbocycles. The Kier molecular flexibility index (Phi) is 3.76. The van der Waals surface area contributed by atoms with Crippen LogP contribution in [0, 0.1) is 0 Å². The summed E-state index contributed by atoms with van der Waals surface area (Å²) >= 11 is 0. The molecule has 20 heavy (non-hydrogen) atoms. The Hall–Kier alpha value is -1.39. The number of hydrogen-bond acceptors (Lipinski definition) is 4. The van der Waals surface area contributed by atoms with Crippen molar-refractivity contribution in [3.63, 3.8) is 0 Å². The van der Waals surface area contributed by atoms with E-state index in [1.807, 2.05) is 18.2 Å². The van der Waals surface area contributed by atoms with Gasteiger partial charge in [-0.05, 0) is 37.7 Å². The Morgan fingerprint density at radius 2 is 2.25 bits per heavy atom. The molecule has 0 radical (unpaired) electrons. The second kappa shape index (κ2) is 5.54. The number of likely N-dealkylation sites (N-methyl/N-ethyl adjacent to an activating group) is 1. The van der Waals surface area contributed by atoms with Gasteiger partial charge in [-0.1, -0.05) is 0 Å². The van der Waals surface area contributed by atoms with Crippen LogP contribution in [-0.2, 0) is 6.42 Å². The molecule has 3 rings (SSSR count). The van der Waals surface area contributed by atoms with E-state index in [1.54, 1.807) is 0 Å². The van der Waals surface area contributed by atoms with Gasteiger partial charge < -0.3 is 9.64 Å². The quantitative estimate of drug-likeness (QED) is 0.781. The first-order valence-corrected chi connectivity index (χ1v) is 7.35. The summed E-state index contributed by atoms with van der Waals surface area (Å²) in [4.78, 5) is 17.0. The van der Waals surface area contributed by atoms with Crippen LogP contribution in [0.1, 0.15) is 22.8 Å². The number of rotatable bonds is 3. The number of fused-ring (bicyclic) bond motifs is 1. The van der Waals surface area contributed by atoms with Crippen molar-refractivity contribution >= 4 is 5.78 Å². The van der Waals surface area contributed by atoms with Crippen LogP contribution >= 0.6 is 0 Å². The van der Waals surface area contributed by atoms with Crippen molar-refractivity contribution in [2.24, 2.45) is 0 Å². The molecule has 2 heterocycles. The molecule has 1 fully saturated rings. The van der Waals surface area contributed by atoms with Crippen LogP contribution in [0.3, 0.4) is 0 Å². The summed E-state index contributed by atoms with van der Waals surface area (Å²) in [6.07, 6.45) is 0.918. The summed E-state index contributed by atoms with van der Waals surface area (Å²) in [5.74, 6) is 1.16. The number of ether oxygens (including phenoxy) is 1. The van der Waals surface area contributed by atoms with E-state index < -0.39 is 0 Å². The zero-order valence-corrected chi connectivity index (χ0v) is 12.3. The van der Waals surface area contributed by atoms with Crippen LogP contribution in [0.2, 0.25) is 0 Å². The topological polar surface area (TPSA) is 32.8 Å². The second-order valence-corrected chi connectivity index (χ2v) is 5.93. The van der Waals surface area contributed by atoms with Gasteiger partial charge in [0, 0.05) is 37.7 Å². The van der Waals surface area contributed by atoms with Crippen LogP contribution < -0.4 is 4.74 Å². The molecule has 2 aliphatic heterocycles. The number of carbonyl (C=O) groups excluding carboxylic acids is 1. The van der Waals surface area contributed by atoms with Crippen LogP contribution in [0.15, 0.2) is 18.2 Å². The van der Waals surface area contributed by atoms with Crippen molar-refractivity contribution in [2.75, 3.05) is 39.8 Å². The van der Waals surface area contributed by atoms with Crippen molar-refractivity contribution < 1.29 is 9.53 Å². The maximum absolute atomic E-state index is 12.4. The molecule has 0 bridgehead atoms. The predicted molar refractivity (Wildman–Crippen MR) is 78.5 cm³/mol. The van der Waals surface area contributed by atoms with Gasteiger partial charge in [0.15, 0.2) is 5.78 Å². The molecule has 0 N–H and O–H groups in total. The van der Waals surface area contributed by atoms with E-state index in [2.05, 4.69) is 23.8 Å². The number of benzene rings is 1. The maximum Gasteiger partial charge on any atom is 0.176 e. The SMILES string of the molecule is CC1CN(C)CCN1CC(=O)c1ccc2c(c1)CCO2. The summed E-state index contributed by atoms with van der Waals surface area (Å²) in [6.45, 7) is 6.50. The van der Waals surface area contributed by atoms with Crippen molar-refractivity contribution in [1.82, 2.24) is 9.80 Å². The van der Waals surface area contributed by atoms with Crippen LogP contribution in [0.25, 0.3) is 0 Å². The Morgan fingerprint density at radius 3 is 3.05 bits per heavy atom. The van der Waals surface area contributed by atoms with Gasteiger partial charge in [0.2, 0.25) is 0 Å². The largest absolute Gasteiger partial charge is 0.493 e.